The van der Waals surface area contributed by atoms with Gasteiger partial charge in [-0.25, -0.2) is 0 Å². The number of aromatic nitrogens is 4. The Morgan fingerprint density at radius 1 is 1.14 bits per heavy atom. The third-order valence-corrected chi connectivity index (χ3v) is 4.22. The van der Waals surface area contributed by atoms with Gasteiger partial charge >= 0.3 is 0 Å². The lowest BCUT2D eigenvalue weighted by atomic mass is 10.3. The Balaban J connectivity index is 1.84. The van der Waals surface area contributed by atoms with Crippen molar-refractivity contribution >= 4 is 44.8 Å². The van der Waals surface area contributed by atoms with Gasteiger partial charge in [0.1, 0.15) is 0 Å². The van der Waals surface area contributed by atoms with Crippen molar-refractivity contribution in [3.05, 3.63) is 62.8 Å². The molecule has 0 aliphatic rings. The van der Waals surface area contributed by atoms with Crippen molar-refractivity contribution in [2.75, 3.05) is 5.32 Å². The van der Waals surface area contributed by atoms with Crippen molar-refractivity contribution in [1.29, 1.82) is 0 Å². The molecule has 2 aromatic carbocycles. The van der Waals surface area contributed by atoms with Crippen LogP contribution in [0.3, 0.4) is 0 Å². The van der Waals surface area contributed by atoms with Crippen LogP contribution in [0, 0.1) is 0 Å². The topological polar surface area (TPSA) is 55.6 Å². The van der Waals surface area contributed by atoms with Crippen molar-refractivity contribution in [2.24, 2.45) is 0 Å². The summed E-state index contributed by atoms with van der Waals surface area (Å²) in [6.07, 6.45) is 0. The van der Waals surface area contributed by atoms with E-state index in [1.165, 1.54) is 0 Å². The maximum atomic E-state index is 6.13. The summed E-state index contributed by atoms with van der Waals surface area (Å²) in [5.41, 5.74) is 1.59. The highest BCUT2D eigenvalue weighted by Gasteiger charge is 2.11. The fourth-order valence-corrected chi connectivity index (χ4v) is 2.74. The molecule has 0 fully saturated rings. The summed E-state index contributed by atoms with van der Waals surface area (Å²) in [6.45, 7) is 0.411. The maximum Gasteiger partial charge on any atom is 0.175 e. The molecule has 0 saturated heterocycles. The number of nitrogens with one attached hydrogen (secondary N) is 1. The van der Waals surface area contributed by atoms with Crippen molar-refractivity contribution in [2.45, 2.75) is 6.54 Å². The van der Waals surface area contributed by atoms with E-state index in [1.54, 1.807) is 22.9 Å². The Morgan fingerprint density at radius 2 is 1.95 bits per heavy atom. The number of tetrazole rings is 1. The molecule has 0 radical (unpaired) electrons. The number of hydrogen-bond donors (Lipinski definition) is 1. The fourth-order valence-electron chi connectivity index (χ4n) is 1.93. The molecule has 0 amide bonds. The van der Waals surface area contributed by atoms with Gasteiger partial charge in [0, 0.05) is 9.50 Å². The summed E-state index contributed by atoms with van der Waals surface area (Å²) >= 11 is 15.6. The number of rotatable bonds is 4. The summed E-state index contributed by atoms with van der Waals surface area (Å²) in [5, 5.41) is 16.2. The van der Waals surface area contributed by atoms with Gasteiger partial charge in [0.05, 0.1) is 22.9 Å². The third-order valence-electron chi connectivity index (χ3n) is 2.98. The molecule has 0 atom stereocenters. The van der Waals surface area contributed by atoms with Gasteiger partial charge in [-0.05, 0) is 56.7 Å². The standard InChI is InChI=1S/C14H10BrCl2N5/c15-10-3-1-2-4-13(10)22-14(19-20-21-22)8-18-12-7-9(16)5-6-11(12)17/h1-7,18H,8H2. The second-order valence-electron chi connectivity index (χ2n) is 4.44. The minimum atomic E-state index is 0.411. The predicted octanol–water partition coefficient (Wildman–Crippen LogP) is 4.34. The van der Waals surface area contributed by atoms with Crippen molar-refractivity contribution in [3.8, 4) is 5.69 Å². The van der Waals surface area contributed by atoms with E-state index in [0.717, 1.165) is 15.8 Å². The Kier molecular flexibility index (Phi) is 4.61. The molecular weight excluding hydrogens is 389 g/mol. The number of nitrogens with zero attached hydrogens (tertiary/aromatic N) is 4. The van der Waals surface area contributed by atoms with Gasteiger partial charge in [0.25, 0.3) is 0 Å². The summed E-state index contributed by atoms with van der Waals surface area (Å²) in [5.74, 6) is 0.656. The monoisotopic (exact) mass is 397 g/mol. The predicted molar refractivity (Wildman–Crippen MR) is 90.6 cm³/mol. The zero-order valence-electron chi connectivity index (χ0n) is 11.2. The van der Waals surface area contributed by atoms with Gasteiger partial charge < -0.3 is 5.32 Å². The van der Waals surface area contributed by atoms with E-state index < -0.39 is 0 Å². The van der Waals surface area contributed by atoms with Gasteiger partial charge in [-0.3, -0.25) is 0 Å². The van der Waals surface area contributed by atoms with Crippen LogP contribution in [0.5, 0.6) is 0 Å². The first-order valence-electron chi connectivity index (χ1n) is 6.36. The molecule has 0 spiro atoms. The summed E-state index contributed by atoms with van der Waals surface area (Å²) < 4.78 is 2.57. The van der Waals surface area contributed by atoms with Crippen LogP contribution in [-0.4, -0.2) is 20.2 Å². The average molecular weight is 399 g/mol. The zero-order valence-corrected chi connectivity index (χ0v) is 14.3. The van der Waals surface area contributed by atoms with E-state index in [1.807, 2.05) is 24.3 Å². The molecule has 3 aromatic rings. The molecular formula is C14H10BrCl2N5. The molecule has 0 aliphatic heterocycles. The minimum Gasteiger partial charge on any atom is -0.376 e. The zero-order chi connectivity index (χ0) is 15.5. The molecule has 0 unspecified atom stereocenters. The molecule has 1 aromatic heterocycles. The highest BCUT2D eigenvalue weighted by Crippen LogP contribution is 2.26. The number of halogens is 3. The van der Waals surface area contributed by atoms with Crippen LogP contribution in [0.4, 0.5) is 5.69 Å². The molecule has 1 heterocycles. The lowest BCUT2D eigenvalue weighted by molar-refractivity contribution is 0.765. The SMILES string of the molecule is Clc1ccc(Cl)c(NCc2nnnn2-c2ccccc2Br)c1. The fraction of sp³-hybridized carbons (Fsp3) is 0.0714. The van der Waals surface area contributed by atoms with Gasteiger partial charge in [0.15, 0.2) is 5.82 Å². The number of para-hydroxylation sites is 1. The summed E-state index contributed by atoms with van der Waals surface area (Å²) in [6, 6.07) is 13.0. The van der Waals surface area contributed by atoms with Crippen LogP contribution in [0.15, 0.2) is 46.9 Å². The third kappa shape index (κ3) is 3.24. The van der Waals surface area contributed by atoms with Crippen molar-refractivity contribution < 1.29 is 0 Å². The largest absolute Gasteiger partial charge is 0.376 e. The van der Waals surface area contributed by atoms with Gasteiger partial charge in [-0.1, -0.05) is 35.3 Å². The smallest absolute Gasteiger partial charge is 0.175 e. The number of benzene rings is 2. The first-order valence-corrected chi connectivity index (χ1v) is 7.91. The highest BCUT2D eigenvalue weighted by atomic mass is 79.9. The highest BCUT2D eigenvalue weighted by molar-refractivity contribution is 9.10. The molecule has 1 N–H and O–H groups in total. The van der Waals surface area contributed by atoms with Crippen LogP contribution >= 0.6 is 39.1 Å². The summed E-state index contributed by atoms with van der Waals surface area (Å²) in [7, 11) is 0. The van der Waals surface area contributed by atoms with Crippen LogP contribution in [0.25, 0.3) is 5.69 Å². The van der Waals surface area contributed by atoms with Crippen LogP contribution in [0.1, 0.15) is 5.82 Å². The molecule has 112 valence electrons. The van der Waals surface area contributed by atoms with Crippen molar-refractivity contribution in [3.63, 3.8) is 0 Å². The summed E-state index contributed by atoms with van der Waals surface area (Å²) in [4.78, 5) is 0. The Morgan fingerprint density at radius 3 is 2.77 bits per heavy atom. The lowest BCUT2D eigenvalue weighted by Crippen LogP contribution is -2.09. The van der Waals surface area contributed by atoms with Crippen LogP contribution < -0.4 is 5.32 Å². The van der Waals surface area contributed by atoms with Gasteiger partial charge in [-0.15, -0.1) is 5.10 Å². The number of anilines is 1. The normalized spacial score (nSPS) is 10.7. The molecule has 22 heavy (non-hydrogen) atoms. The van der Waals surface area contributed by atoms with Gasteiger partial charge in [-0.2, -0.15) is 4.68 Å². The Labute approximate surface area is 145 Å². The quantitative estimate of drug-likeness (QED) is 0.709. The molecule has 8 heteroatoms. The molecule has 0 saturated carbocycles. The first-order chi connectivity index (χ1) is 10.6. The average Bonchev–Trinajstić information content (AvgIpc) is 2.97. The first kappa shape index (κ1) is 15.3. The van der Waals surface area contributed by atoms with Crippen LogP contribution in [0.2, 0.25) is 10.0 Å². The van der Waals surface area contributed by atoms with E-state index in [-0.39, 0.29) is 0 Å². The molecule has 5 nitrogen and oxygen atoms in total. The Bertz CT molecular complexity index is 805. The van der Waals surface area contributed by atoms with E-state index in [2.05, 4.69) is 36.8 Å². The molecule has 0 bridgehead atoms. The maximum absolute atomic E-state index is 6.13. The second-order valence-corrected chi connectivity index (χ2v) is 6.13. The van der Waals surface area contributed by atoms with E-state index in [4.69, 9.17) is 23.2 Å². The van der Waals surface area contributed by atoms with Gasteiger partial charge in [0.2, 0.25) is 0 Å². The molecule has 0 aliphatic carbocycles. The van der Waals surface area contributed by atoms with E-state index in [9.17, 15) is 0 Å². The number of hydrogen-bond acceptors (Lipinski definition) is 4. The second kappa shape index (κ2) is 6.64. The van der Waals surface area contributed by atoms with E-state index in [0.29, 0.717) is 22.4 Å². The molecule has 3 rings (SSSR count). The Hall–Kier alpha value is -1.63. The minimum absolute atomic E-state index is 0.411. The van der Waals surface area contributed by atoms with E-state index >= 15 is 0 Å². The van der Waals surface area contributed by atoms with Crippen LogP contribution in [-0.2, 0) is 6.54 Å². The van der Waals surface area contributed by atoms with Crippen molar-refractivity contribution in [1.82, 2.24) is 20.2 Å². The lowest BCUT2D eigenvalue weighted by Gasteiger charge is -2.10.